The summed E-state index contributed by atoms with van der Waals surface area (Å²) in [7, 11) is 0. The molecule has 0 unspecified atom stereocenters. The highest BCUT2D eigenvalue weighted by atomic mass is 35.5. The van der Waals surface area contributed by atoms with Gasteiger partial charge in [0.1, 0.15) is 18.0 Å². The number of benzene rings is 1. The normalized spacial score (nSPS) is 14.7. The van der Waals surface area contributed by atoms with Gasteiger partial charge in [0.2, 0.25) is 5.91 Å². The molecule has 0 bridgehead atoms. The average molecular weight is 358 g/mol. The number of amides is 1. The van der Waals surface area contributed by atoms with E-state index < -0.39 is 17.7 Å². The van der Waals surface area contributed by atoms with E-state index in [4.69, 9.17) is 5.73 Å². The molecule has 0 fully saturated rings. The summed E-state index contributed by atoms with van der Waals surface area (Å²) in [6.45, 7) is 1.59. The maximum atomic E-state index is 13.6. The van der Waals surface area contributed by atoms with Gasteiger partial charge in [-0.3, -0.25) is 4.79 Å². The van der Waals surface area contributed by atoms with Crippen molar-refractivity contribution in [1.82, 2.24) is 19.7 Å². The molecule has 1 aliphatic heterocycles. The first-order valence-electron chi connectivity index (χ1n) is 7.37. The standard InChI is InChI=1S/C15H17F2N5O.ClH/c16-11-1-2-13(17)10(5-11)6-12(18)7-15(23)21-3-4-22-9-19-20-14(22)8-21;/h1-2,5,9,12H,3-4,6-8,18H2;1H/t12-;/m1./s1. The monoisotopic (exact) mass is 357 g/mol. The SMILES string of the molecule is Cl.N[C@@H](CC(=O)N1CCn2cnnc2C1)Cc1cc(F)ccc1F. The molecule has 1 aliphatic rings. The molecule has 2 heterocycles. The summed E-state index contributed by atoms with van der Waals surface area (Å²) in [5, 5.41) is 7.76. The van der Waals surface area contributed by atoms with Crippen molar-refractivity contribution in [2.45, 2.75) is 32.0 Å². The summed E-state index contributed by atoms with van der Waals surface area (Å²) >= 11 is 0. The minimum atomic E-state index is -0.571. The summed E-state index contributed by atoms with van der Waals surface area (Å²) in [6, 6.07) is 2.66. The van der Waals surface area contributed by atoms with Crippen LogP contribution >= 0.6 is 12.4 Å². The van der Waals surface area contributed by atoms with Gasteiger partial charge in [0.05, 0.1) is 6.54 Å². The Morgan fingerprint density at radius 1 is 1.33 bits per heavy atom. The number of nitrogens with two attached hydrogens (primary N) is 1. The molecule has 0 saturated carbocycles. The molecule has 1 atom stereocenters. The van der Waals surface area contributed by atoms with Gasteiger partial charge in [0.15, 0.2) is 5.82 Å². The number of rotatable bonds is 4. The van der Waals surface area contributed by atoms with Crippen LogP contribution in [0.25, 0.3) is 0 Å². The van der Waals surface area contributed by atoms with Crippen molar-refractivity contribution < 1.29 is 13.6 Å². The molecular weight excluding hydrogens is 340 g/mol. The largest absolute Gasteiger partial charge is 0.333 e. The van der Waals surface area contributed by atoms with Gasteiger partial charge in [-0.15, -0.1) is 22.6 Å². The van der Waals surface area contributed by atoms with Crippen LogP contribution in [0.3, 0.4) is 0 Å². The molecule has 1 aromatic heterocycles. The molecule has 1 aromatic carbocycles. The summed E-state index contributed by atoms with van der Waals surface area (Å²) in [5.74, 6) is -0.423. The number of aromatic nitrogens is 3. The molecule has 0 spiro atoms. The smallest absolute Gasteiger partial charge is 0.224 e. The van der Waals surface area contributed by atoms with Crippen molar-refractivity contribution in [3.8, 4) is 0 Å². The minimum absolute atomic E-state index is 0. The molecule has 0 radical (unpaired) electrons. The lowest BCUT2D eigenvalue weighted by molar-refractivity contribution is -0.133. The number of halogens is 3. The number of nitrogens with zero attached hydrogens (tertiary/aromatic N) is 4. The Kier molecular flexibility index (Phi) is 5.84. The molecule has 0 saturated heterocycles. The van der Waals surface area contributed by atoms with E-state index >= 15 is 0 Å². The van der Waals surface area contributed by atoms with Gasteiger partial charge in [-0.05, 0) is 30.2 Å². The zero-order chi connectivity index (χ0) is 16.4. The quantitative estimate of drug-likeness (QED) is 0.894. The first kappa shape index (κ1) is 18.3. The van der Waals surface area contributed by atoms with Gasteiger partial charge in [-0.25, -0.2) is 8.78 Å². The minimum Gasteiger partial charge on any atom is -0.333 e. The fourth-order valence-corrected chi connectivity index (χ4v) is 2.69. The van der Waals surface area contributed by atoms with Gasteiger partial charge in [0, 0.05) is 25.6 Å². The summed E-state index contributed by atoms with van der Waals surface area (Å²) < 4.78 is 28.7. The lowest BCUT2D eigenvalue weighted by Crippen LogP contribution is -2.41. The van der Waals surface area contributed by atoms with Gasteiger partial charge in [-0.2, -0.15) is 0 Å². The van der Waals surface area contributed by atoms with Crippen LogP contribution in [0, 0.1) is 11.6 Å². The van der Waals surface area contributed by atoms with Crippen LogP contribution < -0.4 is 5.73 Å². The molecule has 24 heavy (non-hydrogen) atoms. The van der Waals surface area contributed by atoms with Crippen molar-refractivity contribution in [2.24, 2.45) is 5.73 Å². The second-order valence-corrected chi connectivity index (χ2v) is 5.66. The highest BCUT2D eigenvalue weighted by Gasteiger charge is 2.23. The third-order valence-electron chi connectivity index (χ3n) is 3.92. The van der Waals surface area contributed by atoms with E-state index in [2.05, 4.69) is 10.2 Å². The fraction of sp³-hybridized carbons (Fsp3) is 0.400. The second-order valence-electron chi connectivity index (χ2n) is 5.66. The van der Waals surface area contributed by atoms with Crippen molar-refractivity contribution >= 4 is 18.3 Å². The molecular formula is C15H18ClF2N5O. The van der Waals surface area contributed by atoms with E-state index in [9.17, 15) is 13.6 Å². The molecule has 130 valence electrons. The van der Waals surface area contributed by atoms with Gasteiger partial charge < -0.3 is 15.2 Å². The Bertz CT molecular complexity index is 724. The van der Waals surface area contributed by atoms with Crippen LogP contribution in [0.2, 0.25) is 0 Å². The van der Waals surface area contributed by atoms with E-state index in [1.165, 1.54) is 0 Å². The first-order chi connectivity index (χ1) is 11.0. The predicted octanol–water partition coefficient (Wildman–Crippen LogP) is 1.28. The van der Waals surface area contributed by atoms with Crippen LogP contribution in [0.1, 0.15) is 17.8 Å². The van der Waals surface area contributed by atoms with Crippen LogP contribution in [0.5, 0.6) is 0 Å². The van der Waals surface area contributed by atoms with Gasteiger partial charge in [-0.1, -0.05) is 0 Å². The van der Waals surface area contributed by atoms with Crippen LogP contribution in [0.4, 0.5) is 8.78 Å². The van der Waals surface area contributed by atoms with E-state index in [0.717, 1.165) is 24.0 Å². The van der Waals surface area contributed by atoms with Crippen molar-refractivity contribution in [3.63, 3.8) is 0 Å². The molecule has 0 aliphatic carbocycles. The number of carbonyl (C=O) groups excluding carboxylic acids is 1. The molecule has 2 aromatic rings. The Hall–Kier alpha value is -2.06. The van der Waals surface area contributed by atoms with Crippen LogP contribution in [-0.4, -0.2) is 38.2 Å². The van der Waals surface area contributed by atoms with E-state index in [1.807, 2.05) is 4.57 Å². The number of carbonyl (C=O) groups is 1. The third kappa shape index (κ3) is 4.07. The van der Waals surface area contributed by atoms with Gasteiger partial charge >= 0.3 is 0 Å². The highest BCUT2D eigenvalue weighted by Crippen LogP contribution is 2.15. The van der Waals surface area contributed by atoms with Crippen molar-refractivity contribution in [3.05, 3.63) is 47.5 Å². The summed E-state index contributed by atoms with van der Waals surface area (Å²) in [4.78, 5) is 14.0. The maximum Gasteiger partial charge on any atom is 0.224 e. The summed E-state index contributed by atoms with van der Waals surface area (Å²) in [6.07, 6.45) is 1.82. The zero-order valence-corrected chi connectivity index (χ0v) is 13.7. The predicted molar refractivity (Wildman–Crippen MR) is 85.3 cm³/mol. The average Bonchev–Trinajstić information content (AvgIpc) is 2.98. The molecule has 3 rings (SSSR count). The van der Waals surface area contributed by atoms with E-state index in [0.29, 0.717) is 19.6 Å². The fourth-order valence-electron chi connectivity index (χ4n) is 2.69. The van der Waals surface area contributed by atoms with Crippen LogP contribution in [0.15, 0.2) is 24.5 Å². The lowest BCUT2D eigenvalue weighted by Gasteiger charge is -2.28. The molecule has 1 amide bonds. The zero-order valence-electron chi connectivity index (χ0n) is 12.9. The topological polar surface area (TPSA) is 77.0 Å². The van der Waals surface area contributed by atoms with E-state index in [-0.39, 0.29) is 36.7 Å². The third-order valence-corrected chi connectivity index (χ3v) is 3.92. The number of hydrogen-bond acceptors (Lipinski definition) is 4. The van der Waals surface area contributed by atoms with Gasteiger partial charge in [0.25, 0.3) is 0 Å². The highest BCUT2D eigenvalue weighted by molar-refractivity contribution is 5.85. The van der Waals surface area contributed by atoms with E-state index in [1.54, 1.807) is 11.2 Å². The first-order valence-corrected chi connectivity index (χ1v) is 7.37. The lowest BCUT2D eigenvalue weighted by atomic mass is 10.0. The molecule has 2 N–H and O–H groups in total. The molecule has 6 nitrogen and oxygen atoms in total. The Balaban J connectivity index is 0.00000208. The Labute approximate surface area is 144 Å². The van der Waals surface area contributed by atoms with Crippen molar-refractivity contribution in [1.29, 1.82) is 0 Å². The maximum absolute atomic E-state index is 13.6. The summed E-state index contributed by atoms with van der Waals surface area (Å²) in [5.41, 5.74) is 6.12. The Morgan fingerprint density at radius 2 is 2.12 bits per heavy atom. The molecule has 9 heteroatoms. The van der Waals surface area contributed by atoms with Crippen LogP contribution in [-0.2, 0) is 24.3 Å². The number of hydrogen-bond donors (Lipinski definition) is 1. The second kappa shape index (κ2) is 7.67. The Morgan fingerprint density at radius 3 is 2.92 bits per heavy atom. The number of fused-ring (bicyclic) bond motifs is 1. The van der Waals surface area contributed by atoms with Crippen molar-refractivity contribution in [2.75, 3.05) is 6.54 Å².